The molecule has 0 amide bonds. The first-order valence-corrected chi connectivity index (χ1v) is 4.42. The summed E-state index contributed by atoms with van der Waals surface area (Å²) in [5.74, 6) is -1.07. The second kappa shape index (κ2) is 2.86. The Morgan fingerprint density at radius 3 is 2.64 bits per heavy atom. The van der Waals surface area contributed by atoms with E-state index in [4.69, 9.17) is 5.11 Å². The molecule has 11 heavy (non-hydrogen) atoms. The SMILES string of the molecule is O=C(O)c1cc([N+](=O)[O-])c[se]1. The third-order valence-corrected chi connectivity index (χ3v) is 2.91. The number of aromatic carboxylic acids is 1. The zero-order valence-electron chi connectivity index (χ0n) is 5.18. The average Bonchev–Trinajstić information content (AvgIpc) is 2.33. The molecule has 0 bridgehead atoms. The number of hydrogen-bond donors (Lipinski definition) is 1. The van der Waals surface area contributed by atoms with Gasteiger partial charge in [0.2, 0.25) is 0 Å². The standard InChI is InChI=1S/C5H3NO4Se/c7-5(8)4-1-3(2-11-4)6(9)10/h1-2H,(H,7,8). The minimum absolute atomic E-state index is 0.109. The summed E-state index contributed by atoms with van der Waals surface area (Å²) in [6.45, 7) is 0. The number of nitro groups is 1. The Morgan fingerprint density at radius 1 is 1.73 bits per heavy atom. The summed E-state index contributed by atoms with van der Waals surface area (Å²) >= 11 is -0.381. The number of carboxylic acid groups (broad SMARTS) is 1. The predicted octanol–water partition coefficient (Wildman–Crippen LogP) is 0.350. The quantitative estimate of drug-likeness (QED) is 0.443. The van der Waals surface area contributed by atoms with Gasteiger partial charge in [-0.05, 0) is 0 Å². The zero-order chi connectivity index (χ0) is 8.43. The molecular formula is C5H3NO4Se. The van der Waals surface area contributed by atoms with Gasteiger partial charge in [-0.25, -0.2) is 0 Å². The van der Waals surface area contributed by atoms with Crippen LogP contribution in [-0.4, -0.2) is 30.5 Å². The Morgan fingerprint density at radius 2 is 2.36 bits per heavy atom. The van der Waals surface area contributed by atoms with Crippen LogP contribution in [0.4, 0.5) is 5.69 Å². The van der Waals surface area contributed by atoms with Crippen LogP contribution in [-0.2, 0) is 0 Å². The molecule has 0 aliphatic heterocycles. The van der Waals surface area contributed by atoms with Gasteiger partial charge in [0.1, 0.15) is 0 Å². The van der Waals surface area contributed by atoms with Gasteiger partial charge in [-0.1, -0.05) is 0 Å². The van der Waals surface area contributed by atoms with E-state index in [1.807, 2.05) is 0 Å². The molecule has 5 nitrogen and oxygen atoms in total. The molecule has 0 aliphatic rings. The Labute approximate surface area is 67.2 Å². The molecule has 1 heterocycles. The van der Waals surface area contributed by atoms with Gasteiger partial charge in [-0.15, -0.1) is 0 Å². The van der Waals surface area contributed by atoms with Crippen molar-refractivity contribution >= 4 is 26.2 Å². The Kier molecular flexibility index (Phi) is 2.07. The fraction of sp³-hybridized carbons (Fsp3) is 0. The Bertz CT molecular complexity index is 277. The van der Waals surface area contributed by atoms with Crippen LogP contribution in [0, 0.1) is 10.1 Å². The summed E-state index contributed by atoms with van der Waals surface area (Å²) in [6, 6.07) is 1.10. The molecule has 58 valence electrons. The van der Waals surface area contributed by atoms with E-state index in [9.17, 15) is 14.9 Å². The zero-order valence-corrected chi connectivity index (χ0v) is 6.90. The number of rotatable bonds is 2. The molecule has 0 spiro atoms. The summed E-state index contributed by atoms with van der Waals surface area (Å²) in [6.07, 6.45) is 0. The van der Waals surface area contributed by atoms with Gasteiger partial charge in [0, 0.05) is 0 Å². The van der Waals surface area contributed by atoms with E-state index in [0.717, 1.165) is 6.07 Å². The van der Waals surface area contributed by atoms with Crippen LogP contribution in [0.15, 0.2) is 11.0 Å². The first-order chi connectivity index (χ1) is 5.11. The van der Waals surface area contributed by atoms with E-state index in [2.05, 4.69) is 0 Å². The van der Waals surface area contributed by atoms with Crippen LogP contribution in [0.3, 0.4) is 0 Å². The molecule has 0 aromatic carbocycles. The van der Waals surface area contributed by atoms with Gasteiger partial charge >= 0.3 is 66.5 Å². The van der Waals surface area contributed by atoms with E-state index < -0.39 is 10.9 Å². The molecule has 1 aromatic rings. The maximum atomic E-state index is 10.3. The summed E-state index contributed by atoms with van der Waals surface area (Å²) in [5, 5.41) is 18.5. The van der Waals surface area contributed by atoms with Crippen molar-refractivity contribution in [1.29, 1.82) is 0 Å². The third-order valence-electron chi connectivity index (χ3n) is 1.01. The molecular weight excluding hydrogens is 217 g/mol. The first kappa shape index (κ1) is 7.97. The van der Waals surface area contributed by atoms with E-state index in [1.165, 1.54) is 4.94 Å². The first-order valence-electron chi connectivity index (χ1n) is 2.57. The van der Waals surface area contributed by atoms with Crippen LogP contribution in [0.1, 0.15) is 9.23 Å². The molecule has 1 N–H and O–H groups in total. The van der Waals surface area contributed by atoms with Gasteiger partial charge in [-0.2, -0.15) is 0 Å². The van der Waals surface area contributed by atoms with Crippen molar-refractivity contribution in [3.05, 3.63) is 25.6 Å². The predicted molar refractivity (Wildman–Crippen MR) is 37.0 cm³/mol. The minimum atomic E-state index is -1.07. The molecule has 0 fully saturated rings. The number of carbonyl (C=O) groups is 1. The van der Waals surface area contributed by atoms with Gasteiger partial charge in [0.25, 0.3) is 0 Å². The van der Waals surface area contributed by atoms with Crippen molar-refractivity contribution < 1.29 is 14.8 Å². The van der Waals surface area contributed by atoms with E-state index in [-0.39, 0.29) is 24.6 Å². The second-order valence-corrected chi connectivity index (χ2v) is 3.64. The van der Waals surface area contributed by atoms with E-state index >= 15 is 0 Å². The summed E-state index contributed by atoms with van der Waals surface area (Å²) < 4.78 is 0.129. The van der Waals surface area contributed by atoms with Crippen molar-refractivity contribution in [2.24, 2.45) is 0 Å². The van der Waals surface area contributed by atoms with Crippen molar-refractivity contribution in [2.75, 3.05) is 0 Å². The molecule has 0 saturated heterocycles. The normalized spacial score (nSPS) is 9.45. The van der Waals surface area contributed by atoms with Crippen molar-refractivity contribution in [2.45, 2.75) is 0 Å². The van der Waals surface area contributed by atoms with E-state index in [0.29, 0.717) is 0 Å². The molecule has 0 atom stereocenters. The van der Waals surface area contributed by atoms with Crippen LogP contribution in [0.25, 0.3) is 0 Å². The van der Waals surface area contributed by atoms with Crippen LogP contribution in [0.2, 0.25) is 0 Å². The van der Waals surface area contributed by atoms with Crippen LogP contribution >= 0.6 is 0 Å². The fourth-order valence-electron chi connectivity index (χ4n) is 0.534. The van der Waals surface area contributed by atoms with Crippen molar-refractivity contribution in [3.63, 3.8) is 0 Å². The maximum absolute atomic E-state index is 10.3. The molecule has 1 rings (SSSR count). The monoisotopic (exact) mass is 221 g/mol. The molecule has 1 aromatic heterocycles. The molecule has 0 aliphatic carbocycles. The number of hydrogen-bond acceptors (Lipinski definition) is 3. The average molecular weight is 220 g/mol. The second-order valence-electron chi connectivity index (χ2n) is 1.73. The van der Waals surface area contributed by atoms with Crippen LogP contribution in [0.5, 0.6) is 0 Å². The van der Waals surface area contributed by atoms with Gasteiger partial charge in [0.05, 0.1) is 0 Å². The van der Waals surface area contributed by atoms with Crippen LogP contribution < -0.4 is 0 Å². The van der Waals surface area contributed by atoms with E-state index in [1.54, 1.807) is 0 Å². The molecule has 6 heteroatoms. The van der Waals surface area contributed by atoms with Gasteiger partial charge in [-0.3, -0.25) is 0 Å². The molecule has 0 unspecified atom stereocenters. The van der Waals surface area contributed by atoms with Gasteiger partial charge < -0.3 is 0 Å². The third kappa shape index (κ3) is 1.66. The van der Waals surface area contributed by atoms with Crippen molar-refractivity contribution in [1.82, 2.24) is 0 Å². The number of nitrogens with zero attached hydrogens (tertiary/aromatic N) is 1. The topological polar surface area (TPSA) is 80.4 Å². The number of carboxylic acids is 1. The Balaban J connectivity index is 2.99. The van der Waals surface area contributed by atoms with Gasteiger partial charge in [0.15, 0.2) is 0 Å². The molecule has 0 radical (unpaired) electrons. The summed E-state index contributed by atoms with van der Waals surface area (Å²) in [4.78, 5) is 21.1. The Hall–Kier alpha value is -1.13. The van der Waals surface area contributed by atoms with Crippen molar-refractivity contribution in [3.8, 4) is 0 Å². The fourth-order valence-corrected chi connectivity index (χ4v) is 1.98. The summed E-state index contributed by atoms with van der Waals surface area (Å²) in [7, 11) is 0. The summed E-state index contributed by atoms with van der Waals surface area (Å²) in [5.41, 5.74) is -0.109. The molecule has 0 saturated carbocycles.